The van der Waals surface area contributed by atoms with Crippen molar-refractivity contribution < 1.29 is 16.8 Å². The van der Waals surface area contributed by atoms with E-state index < -0.39 is 20.0 Å². The zero-order valence-corrected chi connectivity index (χ0v) is 14.7. The van der Waals surface area contributed by atoms with Crippen molar-refractivity contribution in [3.63, 3.8) is 0 Å². The Morgan fingerprint density at radius 3 is 2.14 bits per heavy atom. The summed E-state index contributed by atoms with van der Waals surface area (Å²) in [5, 5.41) is 0. The summed E-state index contributed by atoms with van der Waals surface area (Å²) in [5.74, 6) is 0. The van der Waals surface area contributed by atoms with Crippen molar-refractivity contribution >= 4 is 20.0 Å². The molecule has 0 radical (unpaired) electrons. The lowest BCUT2D eigenvalue weighted by Crippen LogP contribution is -2.37. The van der Waals surface area contributed by atoms with E-state index in [1.54, 1.807) is 19.1 Å². The number of sulfonamides is 2. The number of nitrogens with zero attached hydrogens (tertiary/aromatic N) is 2. The second kappa shape index (κ2) is 6.27. The summed E-state index contributed by atoms with van der Waals surface area (Å²) < 4.78 is 51.6. The summed E-state index contributed by atoms with van der Waals surface area (Å²) in [7, 11) is -6.88. The molecule has 22 heavy (non-hydrogen) atoms. The molecule has 0 aliphatic carbocycles. The maximum Gasteiger partial charge on any atom is 0.243 e. The predicted octanol–water partition coefficient (Wildman–Crippen LogP) is 0.959. The lowest BCUT2D eigenvalue weighted by atomic mass is 10.2. The van der Waals surface area contributed by atoms with Gasteiger partial charge in [-0.05, 0) is 37.5 Å². The first-order valence-corrected chi connectivity index (χ1v) is 10.4. The SMILES string of the molecule is Cc1ccc(C)c(S(=O)(=O)N2CCCN(S(C)(=O)=O)CC2)c1. The van der Waals surface area contributed by atoms with Crippen molar-refractivity contribution in [2.45, 2.75) is 25.2 Å². The zero-order chi connectivity index (χ0) is 16.5. The molecule has 1 fully saturated rings. The van der Waals surface area contributed by atoms with Gasteiger partial charge in [-0.1, -0.05) is 12.1 Å². The van der Waals surface area contributed by atoms with Gasteiger partial charge in [-0.25, -0.2) is 21.1 Å². The number of hydrogen-bond donors (Lipinski definition) is 0. The van der Waals surface area contributed by atoms with Gasteiger partial charge in [0, 0.05) is 26.2 Å². The average Bonchev–Trinajstić information content (AvgIpc) is 2.67. The van der Waals surface area contributed by atoms with Crippen molar-refractivity contribution in [1.82, 2.24) is 8.61 Å². The topological polar surface area (TPSA) is 74.8 Å². The van der Waals surface area contributed by atoms with Gasteiger partial charge in [0.2, 0.25) is 20.0 Å². The van der Waals surface area contributed by atoms with Crippen LogP contribution in [0.25, 0.3) is 0 Å². The van der Waals surface area contributed by atoms with E-state index in [0.29, 0.717) is 30.0 Å². The van der Waals surface area contributed by atoms with E-state index in [4.69, 9.17) is 0 Å². The molecule has 0 spiro atoms. The summed E-state index contributed by atoms with van der Waals surface area (Å²) >= 11 is 0. The standard InChI is InChI=1S/C14H22N2O4S2/c1-12-5-6-13(2)14(11-12)22(19,20)16-8-4-7-15(9-10-16)21(3,17)18/h5-6,11H,4,7-10H2,1-3H3. The predicted molar refractivity (Wildman–Crippen MR) is 85.7 cm³/mol. The van der Waals surface area contributed by atoms with E-state index in [2.05, 4.69) is 0 Å². The summed E-state index contributed by atoms with van der Waals surface area (Å²) in [6, 6.07) is 5.34. The van der Waals surface area contributed by atoms with Gasteiger partial charge in [-0.3, -0.25) is 0 Å². The fourth-order valence-electron chi connectivity index (χ4n) is 2.57. The minimum absolute atomic E-state index is 0.183. The number of aryl methyl sites for hydroxylation is 2. The molecule has 0 saturated carbocycles. The average molecular weight is 346 g/mol. The van der Waals surface area contributed by atoms with Crippen LogP contribution in [-0.4, -0.2) is 57.9 Å². The fourth-order valence-corrected chi connectivity index (χ4v) is 5.22. The number of rotatable bonds is 3. The van der Waals surface area contributed by atoms with Crippen LogP contribution in [0.4, 0.5) is 0 Å². The quantitative estimate of drug-likeness (QED) is 0.817. The van der Waals surface area contributed by atoms with E-state index in [0.717, 1.165) is 11.8 Å². The second-order valence-electron chi connectivity index (χ2n) is 5.69. The van der Waals surface area contributed by atoms with Crippen molar-refractivity contribution in [3.8, 4) is 0 Å². The normalized spacial score (nSPS) is 19.0. The molecule has 1 aliphatic rings. The number of hydrogen-bond acceptors (Lipinski definition) is 4. The molecule has 1 aromatic rings. The van der Waals surface area contributed by atoms with Gasteiger partial charge in [-0.2, -0.15) is 4.31 Å². The molecule has 0 amide bonds. The lowest BCUT2D eigenvalue weighted by Gasteiger charge is -2.22. The Balaban J connectivity index is 2.29. The molecule has 8 heteroatoms. The Kier molecular flexibility index (Phi) is 4.96. The highest BCUT2D eigenvalue weighted by atomic mass is 32.2. The molecule has 2 rings (SSSR count). The highest BCUT2D eigenvalue weighted by molar-refractivity contribution is 7.89. The van der Waals surface area contributed by atoms with Crippen LogP contribution >= 0.6 is 0 Å². The Morgan fingerprint density at radius 1 is 0.909 bits per heavy atom. The summed E-state index contributed by atoms with van der Waals surface area (Å²) in [6.07, 6.45) is 1.65. The molecule has 0 N–H and O–H groups in total. The van der Waals surface area contributed by atoms with Crippen molar-refractivity contribution in [1.29, 1.82) is 0 Å². The molecule has 0 atom stereocenters. The van der Waals surface area contributed by atoms with Gasteiger partial charge in [0.1, 0.15) is 0 Å². The van der Waals surface area contributed by atoms with Crippen LogP contribution in [0.5, 0.6) is 0 Å². The first-order chi connectivity index (χ1) is 10.1. The van der Waals surface area contributed by atoms with E-state index in [1.807, 2.05) is 13.0 Å². The zero-order valence-electron chi connectivity index (χ0n) is 13.1. The molecular formula is C14H22N2O4S2. The molecule has 0 aromatic heterocycles. The van der Waals surface area contributed by atoms with E-state index in [1.165, 1.54) is 8.61 Å². The van der Waals surface area contributed by atoms with Crippen LogP contribution in [0.2, 0.25) is 0 Å². The number of benzene rings is 1. The van der Waals surface area contributed by atoms with Crippen LogP contribution in [0, 0.1) is 13.8 Å². The molecule has 1 heterocycles. The van der Waals surface area contributed by atoms with Crippen LogP contribution in [0.15, 0.2) is 23.1 Å². The maximum atomic E-state index is 12.8. The van der Waals surface area contributed by atoms with Crippen molar-refractivity contribution in [3.05, 3.63) is 29.3 Å². The van der Waals surface area contributed by atoms with Gasteiger partial charge < -0.3 is 0 Å². The van der Waals surface area contributed by atoms with Gasteiger partial charge in [0.25, 0.3) is 0 Å². The minimum atomic E-state index is -3.60. The van der Waals surface area contributed by atoms with Crippen LogP contribution in [0.3, 0.4) is 0 Å². The minimum Gasteiger partial charge on any atom is -0.213 e. The highest BCUT2D eigenvalue weighted by Crippen LogP contribution is 2.22. The third-order valence-electron chi connectivity index (χ3n) is 3.84. The molecule has 1 aliphatic heterocycles. The fraction of sp³-hybridized carbons (Fsp3) is 0.571. The summed E-state index contributed by atoms with van der Waals surface area (Å²) in [5.41, 5.74) is 1.59. The van der Waals surface area contributed by atoms with Crippen molar-refractivity contribution in [2.75, 3.05) is 32.4 Å². The van der Waals surface area contributed by atoms with Gasteiger partial charge in [0.15, 0.2) is 0 Å². The second-order valence-corrected chi connectivity index (χ2v) is 9.58. The largest absolute Gasteiger partial charge is 0.243 e. The van der Waals surface area contributed by atoms with Gasteiger partial charge in [0.05, 0.1) is 11.2 Å². The third kappa shape index (κ3) is 3.68. The summed E-state index contributed by atoms with van der Waals surface area (Å²) in [6.45, 7) is 4.70. The van der Waals surface area contributed by atoms with E-state index >= 15 is 0 Å². The maximum absolute atomic E-state index is 12.8. The Bertz CT molecular complexity index is 757. The highest BCUT2D eigenvalue weighted by Gasteiger charge is 2.30. The molecule has 0 bridgehead atoms. The van der Waals surface area contributed by atoms with Crippen LogP contribution in [0.1, 0.15) is 17.5 Å². The molecule has 124 valence electrons. The first kappa shape index (κ1) is 17.4. The summed E-state index contributed by atoms with van der Waals surface area (Å²) in [4.78, 5) is 0.306. The van der Waals surface area contributed by atoms with E-state index in [-0.39, 0.29) is 13.1 Å². The van der Waals surface area contributed by atoms with Crippen LogP contribution in [-0.2, 0) is 20.0 Å². The van der Waals surface area contributed by atoms with Crippen molar-refractivity contribution in [2.24, 2.45) is 0 Å². The van der Waals surface area contributed by atoms with Gasteiger partial charge >= 0.3 is 0 Å². The lowest BCUT2D eigenvalue weighted by molar-refractivity contribution is 0.406. The third-order valence-corrected chi connectivity index (χ3v) is 7.19. The molecule has 0 unspecified atom stereocenters. The molecule has 6 nitrogen and oxygen atoms in total. The molecule has 1 saturated heterocycles. The smallest absolute Gasteiger partial charge is 0.213 e. The van der Waals surface area contributed by atoms with Gasteiger partial charge in [-0.15, -0.1) is 0 Å². The Morgan fingerprint density at radius 2 is 1.50 bits per heavy atom. The van der Waals surface area contributed by atoms with Crippen LogP contribution < -0.4 is 0 Å². The Hall–Kier alpha value is -0.960. The molecule has 1 aromatic carbocycles. The van der Waals surface area contributed by atoms with E-state index in [9.17, 15) is 16.8 Å². The Labute approximate surface area is 132 Å². The molecular weight excluding hydrogens is 324 g/mol. The first-order valence-electron chi connectivity index (χ1n) is 7.15. The monoisotopic (exact) mass is 346 g/mol.